The van der Waals surface area contributed by atoms with Gasteiger partial charge < -0.3 is 9.47 Å². The minimum Gasteiger partial charge on any atom is -0.310 e. The Labute approximate surface area is 437 Å². The summed E-state index contributed by atoms with van der Waals surface area (Å²) in [6.45, 7) is 0. The van der Waals surface area contributed by atoms with Crippen LogP contribution in [0.5, 0.6) is 0 Å². The Morgan fingerprint density at radius 2 is 0.680 bits per heavy atom. The van der Waals surface area contributed by atoms with Crippen molar-refractivity contribution in [3.63, 3.8) is 0 Å². The van der Waals surface area contributed by atoms with E-state index >= 15 is 0 Å². The van der Waals surface area contributed by atoms with E-state index in [-0.39, 0.29) is 0 Å². The maximum atomic E-state index is 2.51. The summed E-state index contributed by atoms with van der Waals surface area (Å²) in [6, 6.07) is 108. The Kier molecular flexibility index (Phi) is 9.83. The molecule has 0 bridgehead atoms. The molecule has 12 aromatic carbocycles. The van der Waals surface area contributed by atoms with Gasteiger partial charge in [-0.15, -0.1) is 0 Å². The molecule has 0 atom stereocenters. The number of nitrogens with zero attached hydrogens (tertiary/aromatic N) is 2. The minimum atomic E-state index is -0.485. The average Bonchev–Trinajstić information content (AvgIpc) is 4.29. The third kappa shape index (κ3) is 6.66. The van der Waals surface area contributed by atoms with E-state index in [1.807, 2.05) is 0 Å². The van der Waals surface area contributed by atoms with Gasteiger partial charge in [0.15, 0.2) is 0 Å². The molecule has 0 radical (unpaired) electrons. The van der Waals surface area contributed by atoms with Crippen LogP contribution in [0.4, 0.5) is 17.1 Å². The van der Waals surface area contributed by atoms with Gasteiger partial charge in [-0.3, -0.25) is 0 Å². The molecule has 0 N–H and O–H groups in total. The Morgan fingerprint density at radius 1 is 0.253 bits per heavy atom. The average molecular weight is 953 g/mol. The van der Waals surface area contributed by atoms with E-state index in [4.69, 9.17) is 0 Å². The van der Waals surface area contributed by atoms with Gasteiger partial charge in [-0.05, 0) is 138 Å². The van der Waals surface area contributed by atoms with E-state index in [1.165, 1.54) is 94.1 Å². The molecule has 2 heteroatoms. The number of aromatic nitrogens is 1. The molecule has 2 aliphatic rings. The topological polar surface area (TPSA) is 8.17 Å². The van der Waals surface area contributed by atoms with Gasteiger partial charge in [0.2, 0.25) is 0 Å². The first kappa shape index (κ1) is 42.9. The first-order valence-corrected chi connectivity index (χ1v) is 26.0. The third-order valence-corrected chi connectivity index (χ3v) is 16.0. The molecule has 1 spiro atoms. The molecule has 350 valence electrons. The molecule has 0 aliphatic heterocycles. The summed E-state index contributed by atoms with van der Waals surface area (Å²) in [6.07, 6.45) is 0. The Hall–Kier alpha value is -9.76. The van der Waals surface area contributed by atoms with E-state index in [1.54, 1.807) is 0 Å². The SMILES string of the molecule is c1ccc(-c2ccc(N(c3ccc4c(c3)C3(c5ccccc5-c5ccccc53)c3ccccc3-4)c3cc(-c4ccccc4)ccc3-c3ccc(-c4ccc5c6ccccc6n(-c6ccccc6)c5c4)cc3)cc2)cc1. The molecular weight excluding hydrogens is 905 g/mol. The molecule has 75 heavy (non-hydrogen) atoms. The van der Waals surface area contributed by atoms with E-state index in [0.29, 0.717) is 0 Å². The highest BCUT2D eigenvalue weighted by Gasteiger charge is 2.51. The van der Waals surface area contributed by atoms with Gasteiger partial charge in [0.05, 0.1) is 22.1 Å². The maximum Gasteiger partial charge on any atom is 0.0726 e. The lowest BCUT2D eigenvalue weighted by Gasteiger charge is -2.33. The van der Waals surface area contributed by atoms with Crippen LogP contribution >= 0.6 is 0 Å². The monoisotopic (exact) mass is 952 g/mol. The molecule has 0 amide bonds. The van der Waals surface area contributed by atoms with Gasteiger partial charge in [-0.2, -0.15) is 0 Å². The van der Waals surface area contributed by atoms with Crippen molar-refractivity contribution in [2.45, 2.75) is 5.41 Å². The van der Waals surface area contributed by atoms with Gasteiger partial charge in [-0.25, -0.2) is 0 Å². The number of fused-ring (bicyclic) bond motifs is 13. The molecule has 0 saturated carbocycles. The highest BCUT2D eigenvalue weighted by molar-refractivity contribution is 6.10. The largest absolute Gasteiger partial charge is 0.310 e. The molecule has 0 saturated heterocycles. The molecule has 15 rings (SSSR count). The standard InChI is InChI=1S/C73H48N2/c1-4-18-49(19-5-1)51-36-40-57(41-37-51)74(58-42-45-63-62-26-12-16-30-68(62)73(69(63)48-58)66-28-14-10-24-60(66)61-25-11-15-29-67(61)73)71-46-54(50-20-6-2-7-21-50)38-43-59(71)53-34-32-52(33-35-53)55-39-44-65-64-27-13-17-31-70(64)75(72(65)47-55)56-22-8-3-9-23-56/h1-48H. The quantitative estimate of drug-likeness (QED) is 0.147. The van der Waals surface area contributed by atoms with E-state index in [0.717, 1.165) is 39.4 Å². The minimum absolute atomic E-state index is 0.485. The Bertz CT molecular complexity index is 4260. The van der Waals surface area contributed by atoms with Gasteiger partial charge in [0, 0.05) is 33.4 Å². The van der Waals surface area contributed by atoms with Crippen molar-refractivity contribution in [2.75, 3.05) is 4.90 Å². The van der Waals surface area contributed by atoms with Crippen molar-refractivity contribution in [1.29, 1.82) is 0 Å². The second kappa shape index (κ2) is 17.2. The molecular formula is C73H48N2. The zero-order valence-corrected chi connectivity index (χ0v) is 41.1. The van der Waals surface area contributed by atoms with Crippen LogP contribution in [-0.4, -0.2) is 4.57 Å². The zero-order valence-electron chi connectivity index (χ0n) is 41.1. The molecule has 2 nitrogen and oxygen atoms in total. The van der Waals surface area contributed by atoms with Crippen LogP contribution in [0.15, 0.2) is 291 Å². The van der Waals surface area contributed by atoms with E-state index in [9.17, 15) is 0 Å². The zero-order chi connectivity index (χ0) is 49.5. The predicted octanol–water partition coefficient (Wildman–Crippen LogP) is 19.3. The van der Waals surface area contributed by atoms with Gasteiger partial charge >= 0.3 is 0 Å². The lowest BCUT2D eigenvalue weighted by atomic mass is 9.70. The van der Waals surface area contributed by atoms with E-state index < -0.39 is 5.41 Å². The molecule has 0 unspecified atom stereocenters. The fraction of sp³-hybridized carbons (Fsp3) is 0.0137. The molecule has 2 aliphatic carbocycles. The summed E-state index contributed by atoms with van der Waals surface area (Å²) in [5.41, 5.74) is 26.1. The van der Waals surface area contributed by atoms with Crippen molar-refractivity contribution in [1.82, 2.24) is 4.57 Å². The number of hydrogen-bond acceptors (Lipinski definition) is 1. The highest BCUT2D eigenvalue weighted by Crippen LogP contribution is 2.63. The molecule has 13 aromatic rings. The normalized spacial score (nSPS) is 12.6. The third-order valence-electron chi connectivity index (χ3n) is 16.0. The molecule has 0 fully saturated rings. The summed E-state index contributed by atoms with van der Waals surface area (Å²) >= 11 is 0. The Balaban J connectivity index is 0.929. The van der Waals surface area contributed by atoms with Crippen molar-refractivity contribution in [2.24, 2.45) is 0 Å². The molecule has 1 aromatic heterocycles. The van der Waals surface area contributed by atoms with Crippen LogP contribution in [0, 0.1) is 0 Å². The number of para-hydroxylation sites is 2. The van der Waals surface area contributed by atoms with Crippen LogP contribution in [0.25, 0.3) is 94.3 Å². The first-order chi connectivity index (χ1) is 37.2. The summed E-state index contributed by atoms with van der Waals surface area (Å²) in [5.74, 6) is 0. The second-order valence-corrected chi connectivity index (χ2v) is 20.0. The van der Waals surface area contributed by atoms with Crippen LogP contribution in [0.3, 0.4) is 0 Å². The second-order valence-electron chi connectivity index (χ2n) is 20.0. The maximum absolute atomic E-state index is 2.51. The fourth-order valence-corrected chi connectivity index (χ4v) is 12.7. The first-order valence-electron chi connectivity index (χ1n) is 26.0. The number of rotatable bonds is 8. The highest BCUT2D eigenvalue weighted by atomic mass is 15.1. The van der Waals surface area contributed by atoms with Crippen molar-refractivity contribution in [3.8, 4) is 72.4 Å². The summed E-state index contributed by atoms with van der Waals surface area (Å²) in [4.78, 5) is 2.50. The lowest BCUT2D eigenvalue weighted by molar-refractivity contribution is 0.793. The van der Waals surface area contributed by atoms with Crippen LogP contribution < -0.4 is 4.90 Å². The summed E-state index contributed by atoms with van der Waals surface area (Å²) in [5, 5.41) is 2.50. The lowest BCUT2D eigenvalue weighted by Crippen LogP contribution is -2.26. The fourth-order valence-electron chi connectivity index (χ4n) is 12.7. The van der Waals surface area contributed by atoms with Gasteiger partial charge in [0.25, 0.3) is 0 Å². The van der Waals surface area contributed by atoms with Crippen LogP contribution in [-0.2, 0) is 5.41 Å². The van der Waals surface area contributed by atoms with Crippen LogP contribution in [0.1, 0.15) is 22.3 Å². The number of hydrogen-bond donors (Lipinski definition) is 0. The summed E-state index contributed by atoms with van der Waals surface area (Å²) < 4.78 is 2.40. The van der Waals surface area contributed by atoms with Crippen molar-refractivity contribution in [3.05, 3.63) is 313 Å². The number of benzene rings is 12. The predicted molar refractivity (Wildman–Crippen MR) is 314 cm³/mol. The van der Waals surface area contributed by atoms with E-state index in [2.05, 4.69) is 301 Å². The number of anilines is 3. The summed E-state index contributed by atoms with van der Waals surface area (Å²) in [7, 11) is 0. The molecule has 1 heterocycles. The van der Waals surface area contributed by atoms with Crippen molar-refractivity contribution >= 4 is 38.9 Å². The van der Waals surface area contributed by atoms with Gasteiger partial charge in [-0.1, -0.05) is 237 Å². The van der Waals surface area contributed by atoms with Gasteiger partial charge in [0.1, 0.15) is 0 Å². The van der Waals surface area contributed by atoms with Crippen LogP contribution in [0.2, 0.25) is 0 Å². The van der Waals surface area contributed by atoms with Crippen molar-refractivity contribution < 1.29 is 0 Å². The smallest absolute Gasteiger partial charge is 0.0726 e. The Morgan fingerprint density at radius 3 is 1.33 bits per heavy atom.